The van der Waals surface area contributed by atoms with E-state index in [1.54, 1.807) is 26.4 Å². The lowest BCUT2D eigenvalue weighted by atomic mass is 9.83. The fourth-order valence-electron chi connectivity index (χ4n) is 4.69. The van der Waals surface area contributed by atoms with Crippen molar-refractivity contribution in [3.63, 3.8) is 0 Å². The Hall–Kier alpha value is -4.72. The van der Waals surface area contributed by atoms with E-state index in [9.17, 15) is 9.59 Å². The van der Waals surface area contributed by atoms with Gasteiger partial charge < -0.3 is 9.47 Å². The molecule has 8 heteroatoms. The number of H-pyrrole nitrogens is 4. The number of aromatic nitrogens is 4. The molecule has 0 atom stereocenters. The molecule has 5 aromatic rings. The van der Waals surface area contributed by atoms with Crippen molar-refractivity contribution < 1.29 is 9.47 Å². The number of aryl methyl sites for hydroxylation is 2. The zero-order valence-electron chi connectivity index (χ0n) is 21.1. The van der Waals surface area contributed by atoms with Crippen LogP contribution >= 0.6 is 0 Å². The molecule has 0 bridgehead atoms. The van der Waals surface area contributed by atoms with Gasteiger partial charge in [0.2, 0.25) is 0 Å². The third-order valence-corrected chi connectivity index (χ3v) is 6.63. The van der Waals surface area contributed by atoms with Gasteiger partial charge in [0.25, 0.3) is 11.1 Å². The largest absolute Gasteiger partial charge is 0.493 e. The van der Waals surface area contributed by atoms with Gasteiger partial charge in [-0.25, -0.2) is 0 Å². The Bertz CT molecular complexity index is 1560. The normalized spacial score (nSPS) is 11.2. The number of benzene rings is 3. The van der Waals surface area contributed by atoms with Gasteiger partial charge in [0.1, 0.15) is 0 Å². The molecule has 0 saturated carbocycles. The van der Waals surface area contributed by atoms with Crippen molar-refractivity contribution in [2.75, 3.05) is 14.2 Å². The van der Waals surface area contributed by atoms with Crippen molar-refractivity contribution in [1.29, 1.82) is 0 Å². The lowest BCUT2D eigenvalue weighted by molar-refractivity contribution is 0.354. The van der Waals surface area contributed by atoms with Crippen molar-refractivity contribution in [2.24, 2.45) is 0 Å². The van der Waals surface area contributed by atoms with Crippen molar-refractivity contribution in [3.05, 3.63) is 115 Å². The van der Waals surface area contributed by atoms with Gasteiger partial charge in [-0.15, -0.1) is 0 Å². The third-order valence-electron chi connectivity index (χ3n) is 6.63. The average Bonchev–Trinajstić information content (AvgIpc) is 3.48. The molecular formula is C29H28N4O4. The average molecular weight is 497 g/mol. The van der Waals surface area contributed by atoms with Crippen LogP contribution in [0.1, 0.15) is 33.7 Å². The Morgan fingerprint density at radius 1 is 0.595 bits per heavy atom. The van der Waals surface area contributed by atoms with Gasteiger partial charge in [0.15, 0.2) is 11.5 Å². The van der Waals surface area contributed by atoms with Crippen LogP contribution in [0.5, 0.6) is 11.5 Å². The van der Waals surface area contributed by atoms with Crippen LogP contribution in [-0.4, -0.2) is 34.6 Å². The van der Waals surface area contributed by atoms with Crippen LogP contribution in [0.2, 0.25) is 0 Å². The molecule has 0 aliphatic rings. The topological polar surface area (TPSA) is 116 Å². The van der Waals surface area contributed by atoms with Crippen molar-refractivity contribution in [3.8, 4) is 34.0 Å². The molecule has 2 heterocycles. The second-order valence-corrected chi connectivity index (χ2v) is 9.02. The van der Waals surface area contributed by atoms with E-state index in [2.05, 4.69) is 20.4 Å². The highest BCUT2D eigenvalue weighted by molar-refractivity contribution is 5.71. The molecular weight excluding hydrogens is 468 g/mol. The highest BCUT2D eigenvalue weighted by Gasteiger charge is 2.31. The molecule has 0 amide bonds. The Balaban J connectivity index is 1.81. The van der Waals surface area contributed by atoms with Crippen LogP contribution in [0.3, 0.4) is 0 Å². The molecule has 8 nitrogen and oxygen atoms in total. The molecule has 3 aromatic carbocycles. The predicted octanol–water partition coefficient (Wildman–Crippen LogP) is 4.87. The van der Waals surface area contributed by atoms with E-state index in [4.69, 9.17) is 9.47 Å². The maximum Gasteiger partial charge on any atom is 0.268 e. The molecule has 37 heavy (non-hydrogen) atoms. The summed E-state index contributed by atoms with van der Waals surface area (Å²) in [5, 5.41) is 11.6. The molecule has 4 N–H and O–H groups in total. The molecule has 0 spiro atoms. The smallest absolute Gasteiger partial charge is 0.268 e. The summed E-state index contributed by atoms with van der Waals surface area (Å²) in [5.41, 5.74) is 6.00. The first-order valence-electron chi connectivity index (χ1n) is 11.9. The number of methoxy groups -OCH3 is 2. The Morgan fingerprint density at radius 3 is 1.49 bits per heavy atom. The standard InChI is InChI=1S/C29H28N4O4/c1-16-5-9-18(10-6-16)26-24(28(34)32-30-26)23(20-13-14-21(36-3)22(15-20)37-4)25-27(31-33-29(25)35)19-11-7-17(2)8-12-19/h5-15,23H,1-4H3,(H2,30,32,34)(H2,31,33,35). The van der Waals surface area contributed by atoms with Gasteiger partial charge in [-0.3, -0.25) is 30.0 Å². The zero-order valence-corrected chi connectivity index (χ0v) is 21.1. The maximum absolute atomic E-state index is 13.4. The van der Waals surface area contributed by atoms with E-state index in [1.807, 2.05) is 68.4 Å². The Morgan fingerprint density at radius 2 is 1.05 bits per heavy atom. The second kappa shape index (κ2) is 9.73. The van der Waals surface area contributed by atoms with Gasteiger partial charge in [-0.05, 0) is 42.7 Å². The van der Waals surface area contributed by atoms with Crippen LogP contribution in [-0.2, 0) is 0 Å². The summed E-state index contributed by atoms with van der Waals surface area (Å²) in [5.74, 6) is 0.323. The number of ether oxygens (including phenoxy) is 2. The van der Waals surface area contributed by atoms with Crippen LogP contribution in [0.4, 0.5) is 0 Å². The quantitative estimate of drug-likeness (QED) is 0.257. The first-order valence-corrected chi connectivity index (χ1v) is 11.9. The summed E-state index contributed by atoms with van der Waals surface area (Å²) in [6.07, 6.45) is 0. The fourth-order valence-corrected chi connectivity index (χ4v) is 4.69. The summed E-state index contributed by atoms with van der Waals surface area (Å²) >= 11 is 0. The van der Waals surface area contributed by atoms with E-state index in [-0.39, 0.29) is 11.1 Å². The number of rotatable bonds is 7. The van der Waals surface area contributed by atoms with Crippen LogP contribution in [0, 0.1) is 13.8 Å². The van der Waals surface area contributed by atoms with E-state index >= 15 is 0 Å². The summed E-state index contributed by atoms with van der Waals surface area (Å²) in [7, 11) is 3.12. The van der Waals surface area contributed by atoms with Crippen molar-refractivity contribution >= 4 is 0 Å². The SMILES string of the molecule is COc1ccc(C(c2c(-c3ccc(C)cc3)[nH][nH]c2=O)c2c(-c3ccc(C)cc3)[nH][nH]c2=O)cc1OC. The number of aromatic amines is 4. The highest BCUT2D eigenvalue weighted by atomic mass is 16.5. The van der Waals surface area contributed by atoms with Gasteiger partial charge in [-0.2, -0.15) is 0 Å². The van der Waals surface area contributed by atoms with Crippen LogP contribution in [0.15, 0.2) is 76.3 Å². The molecule has 0 unspecified atom stereocenters. The van der Waals surface area contributed by atoms with E-state index < -0.39 is 5.92 Å². The van der Waals surface area contributed by atoms with Gasteiger partial charge in [-0.1, -0.05) is 65.7 Å². The van der Waals surface area contributed by atoms with Crippen LogP contribution in [0.25, 0.3) is 22.5 Å². The molecule has 0 aliphatic heterocycles. The summed E-state index contributed by atoms with van der Waals surface area (Å²) in [6, 6.07) is 21.2. The number of hydrogen-bond donors (Lipinski definition) is 4. The maximum atomic E-state index is 13.4. The Labute approximate surface area is 213 Å². The van der Waals surface area contributed by atoms with E-state index in [0.717, 1.165) is 22.3 Å². The highest BCUT2D eigenvalue weighted by Crippen LogP contribution is 2.40. The van der Waals surface area contributed by atoms with E-state index in [1.165, 1.54) is 0 Å². The Kier molecular flexibility index (Phi) is 6.31. The molecule has 0 aliphatic carbocycles. The first kappa shape index (κ1) is 24.0. The number of nitrogens with one attached hydrogen (secondary N) is 4. The van der Waals surface area contributed by atoms with E-state index in [0.29, 0.717) is 39.6 Å². The molecule has 0 radical (unpaired) electrons. The fraction of sp³-hybridized carbons (Fsp3) is 0.172. The minimum Gasteiger partial charge on any atom is -0.493 e. The molecule has 0 fully saturated rings. The van der Waals surface area contributed by atoms with Crippen molar-refractivity contribution in [2.45, 2.75) is 19.8 Å². The third kappa shape index (κ3) is 4.38. The zero-order chi connectivity index (χ0) is 26.1. The minimum atomic E-state index is -0.725. The summed E-state index contributed by atoms with van der Waals surface area (Å²) in [6.45, 7) is 4.01. The van der Waals surface area contributed by atoms with Gasteiger partial charge in [0, 0.05) is 5.92 Å². The van der Waals surface area contributed by atoms with Crippen LogP contribution < -0.4 is 20.6 Å². The number of hydrogen-bond acceptors (Lipinski definition) is 4. The monoisotopic (exact) mass is 496 g/mol. The van der Waals surface area contributed by atoms with Gasteiger partial charge in [0.05, 0.1) is 36.7 Å². The predicted molar refractivity (Wildman–Crippen MR) is 144 cm³/mol. The van der Waals surface area contributed by atoms with Gasteiger partial charge >= 0.3 is 0 Å². The molecule has 188 valence electrons. The minimum absolute atomic E-state index is 0.314. The molecule has 0 saturated heterocycles. The lowest BCUT2D eigenvalue weighted by Gasteiger charge is -2.19. The first-order chi connectivity index (χ1) is 17.9. The van der Waals surface area contributed by atoms with Crippen molar-refractivity contribution in [1.82, 2.24) is 20.4 Å². The summed E-state index contributed by atoms with van der Waals surface area (Å²) in [4.78, 5) is 26.8. The second-order valence-electron chi connectivity index (χ2n) is 9.02. The lowest BCUT2D eigenvalue weighted by Crippen LogP contribution is -2.20. The summed E-state index contributed by atoms with van der Waals surface area (Å²) < 4.78 is 11.0. The molecule has 2 aromatic heterocycles. The molecule has 5 rings (SSSR count).